The fourth-order valence-electron chi connectivity index (χ4n) is 2.95. The first-order chi connectivity index (χ1) is 11.5. The Balaban J connectivity index is 2.53. The summed E-state index contributed by atoms with van der Waals surface area (Å²) >= 11 is 0. The number of esters is 1. The number of carbonyl (C=O) groups is 1. The lowest BCUT2D eigenvalue weighted by Gasteiger charge is -2.29. The van der Waals surface area contributed by atoms with Crippen LogP contribution in [0.3, 0.4) is 0 Å². The minimum atomic E-state index is -0.732. The number of guanidine groups is 1. The Morgan fingerprint density at radius 3 is 2.29 bits per heavy atom. The number of nitrogens with zero attached hydrogens (tertiary/aromatic N) is 1. The van der Waals surface area contributed by atoms with Gasteiger partial charge in [0.15, 0.2) is 5.96 Å². The van der Waals surface area contributed by atoms with Gasteiger partial charge in [-0.05, 0) is 52.4 Å². The predicted octanol–water partition coefficient (Wildman–Crippen LogP) is 2.21. The molecule has 0 aromatic heterocycles. The molecule has 0 spiro atoms. The monoisotopic (exact) mass is 341 g/mol. The molecule has 24 heavy (non-hydrogen) atoms. The van der Waals surface area contributed by atoms with Gasteiger partial charge in [0.05, 0.1) is 24.7 Å². The van der Waals surface area contributed by atoms with Gasteiger partial charge in [0, 0.05) is 12.6 Å². The van der Waals surface area contributed by atoms with Crippen LogP contribution in [-0.4, -0.2) is 48.4 Å². The fourth-order valence-corrected chi connectivity index (χ4v) is 2.95. The zero-order chi connectivity index (χ0) is 18.0. The highest BCUT2D eigenvalue weighted by Gasteiger charge is 2.28. The fraction of sp³-hybridized carbons (Fsp3) is 0.889. The van der Waals surface area contributed by atoms with Crippen LogP contribution in [0.2, 0.25) is 0 Å². The topological polar surface area (TPSA) is 83.0 Å². The number of nitrogens with one attached hydrogen (secondary N) is 2. The molecule has 0 amide bonds. The second-order valence-corrected chi connectivity index (χ2v) is 6.57. The molecule has 1 aliphatic rings. The Kier molecular flexibility index (Phi) is 9.11. The molecule has 1 fully saturated rings. The summed E-state index contributed by atoms with van der Waals surface area (Å²) in [7, 11) is 0. The zero-order valence-corrected chi connectivity index (χ0v) is 15.7. The molecule has 0 aliphatic heterocycles. The van der Waals surface area contributed by atoms with Crippen LogP contribution in [0.1, 0.15) is 66.2 Å². The van der Waals surface area contributed by atoms with Crippen LogP contribution < -0.4 is 10.6 Å². The van der Waals surface area contributed by atoms with E-state index in [2.05, 4.69) is 15.6 Å². The molecule has 0 saturated heterocycles. The van der Waals surface area contributed by atoms with Crippen LogP contribution in [-0.2, 0) is 9.53 Å². The van der Waals surface area contributed by atoms with Crippen LogP contribution in [0.5, 0.6) is 0 Å². The predicted molar refractivity (Wildman–Crippen MR) is 97.0 cm³/mol. The lowest BCUT2D eigenvalue weighted by atomic mass is 9.86. The smallest absolute Gasteiger partial charge is 0.308 e. The van der Waals surface area contributed by atoms with Crippen LogP contribution >= 0.6 is 0 Å². The van der Waals surface area contributed by atoms with Crippen molar-refractivity contribution < 1.29 is 14.6 Å². The number of aliphatic hydroxyl groups is 1. The Hall–Kier alpha value is -1.30. The number of aliphatic imine (C=N–C) groups is 1. The first-order valence-electron chi connectivity index (χ1n) is 9.41. The highest BCUT2D eigenvalue weighted by Crippen LogP contribution is 2.25. The van der Waals surface area contributed by atoms with E-state index in [9.17, 15) is 9.90 Å². The number of carbonyl (C=O) groups excluding carboxylic acids is 1. The number of hydrogen-bond donors (Lipinski definition) is 3. The van der Waals surface area contributed by atoms with E-state index in [0.29, 0.717) is 32.0 Å². The van der Waals surface area contributed by atoms with E-state index in [1.165, 1.54) is 0 Å². The molecule has 1 rings (SSSR count). The molecule has 0 atom stereocenters. The van der Waals surface area contributed by atoms with Gasteiger partial charge in [-0.25, -0.2) is 0 Å². The van der Waals surface area contributed by atoms with Crippen LogP contribution in [0, 0.1) is 5.92 Å². The summed E-state index contributed by atoms with van der Waals surface area (Å²) in [6.07, 6.45) is 4.95. The molecule has 6 heteroatoms. The van der Waals surface area contributed by atoms with Crippen molar-refractivity contribution in [2.45, 2.75) is 77.9 Å². The van der Waals surface area contributed by atoms with E-state index in [1.54, 1.807) is 0 Å². The third-order valence-electron chi connectivity index (χ3n) is 4.88. The zero-order valence-electron chi connectivity index (χ0n) is 15.7. The Bertz CT molecular complexity index is 400. The number of rotatable bonds is 8. The summed E-state index contributed by atoms with van der Waals surface area (Å²) in [5.74, 6) is 0.720. The minimum Gasteiger partial charge on any atom is -0.466 e. The lowest BCUT2D eigenvalue weighted by molar-refractivity contribution is -0.149. The lowest BCUT2D eigenvalue weighted by Crippen LogP contribution is -2.46. The van der Waals surface area contributed by atoms with Crippen LogP contribution in [0.25, 0.3) is 0 Å². The normalized spacial score (nSPS) is 22.1. The summed E-state index contributed by atoms with van der Waals surface area (Å²) in [5.41, 5.74) is -0.732. The molecule has 1 aliphatic carbocycles. The SMILES string of the molecule is CCNC(=NCC(O)(CC)CC)NC1CCC(C(=O)OCC)CC1. The average Bonchev–Trinajstić information content (AvgIpc) is 2.60. The molecule has 6 nitrogen and oxygen atoms in total. The van der Waals surface area contributed by atoms with E-state index in [0.717, 1.165) is 38.2 Å². The van der Waals surface area contributed by atoms with E-state index < -0.39 is 5.60 Å². The summed E-state index contributed by atoms with van der Waals surface area (Å²) in [4.78, 5) is 16.4. The van der Waals surface area contributed by atoms with Crippen molar-refractivity contribution in [2.75, 3.05) is 19.7 Å². The quantitative estimate of drug-likeness (QED) is 0.358. The second kappa shape index (κ2) is 10.5. The van der Waals surface area contributed by atoms with Gasteiger partial charge >= 0.3 is 5.97 Å². The Morgan fingerprint density at radius 1 is 1.17 bits per heavy atom. The number of hydrogen-bond acceptors (Lipinski definition) is 4. The molecule has 0 aromatic carbocycles. The van der Waals surface area contributed by atoms with E-state index in [1.807, 2.05) is 27.7 Å². The number of ether oxygens (including phenoxy) is 1. The van der Waals surface area contributed by atoms with Gasteiger partial charge < -0.3 is 20.5 Å². The van der Waals surface area contributed by atoms with E-state index in [-0.39, 0.29) is 11.9 Å². The van der Waals surface area contributed by atoms with Crippen LogP contribution in [0.15, 0.2) is 4.99 Å². The van der Waals surface area contributed by atoms with Crippen molar-refractivity contribution in [3.63, 3.8) is 0 Å². The van der Waals surface area contributed by atoms with Crippen LogP contribution in [0.4, 0.5) is 0 Å². The molecule has 0 radical (unpaired) electrons. The molecular formula is C18H35N3O3. The van der Waals surface area contributed by atoms with Crippen molar-refractivity contribution in [3.05, 3.63) is 0 Å². The summed E-state index contributed by atoms with van der Waals surface area (Å²) in [5, 5.41) is 17.1. The Morgan fingerprint density at radius 2 is 1.79 bits per heavy atom. The van der Waals surface area contributed by atoms with Gasteiger partial charge in [-0.1, -0.05) is 13.8 Å². The molecule has 140 valence electrons. The highest BCUT2D eigenvalue weighted by molar-refractivity contribution is 5.80. The maximum absolute atomic E-state index is 11.8. The van der Waals surface area contributed by atoms with Crippen molar-refractivity contribution in [1.29, 1.82) is 0 Å². The van der Waals surface area contributed by atoms with Gasteiger partial charge in [-0.15, -0.1) is 0 Å². The second-order valence-electron chi connectivity index (χ2n) is 6.57. The largest absolute Gasteiger partial charge is 0.466 e. The highest BCUT2D eigenvalue weighted by atomic mass is 16.5. The summed E-state index contributed by atoms with van der Waals surface area (Å²) in [6, 6.07) is 0.310. The van der Waals surface area contributed by atoms with Gasteiger partial charge in [0.25, 0.3) is 0 Å². The summed E-state index contributed by atoms with van der Waals surface area (Å²) < 4.78 is 5.11. The maximum Gasteiger partial charge on any atom is 0.308 e. The maximum atomic E-state index is 11.8. The molecular weight excluding hydrogens is 306 g/mol. The molecule has 3 N–H and O–H groups in total. The molecule has 0 unspecified atom stereocenters. The Labute approximate surface area is 146 Å². The van der Waals surface area contributed by atoms with Crippen molar-refractivity contribution >= 4 is 11.9 Å². The van der Waals surface area contributed by atoms with Crippen molar-refractivity contribution in [1.82, 2.24) is 10.6 Å². The standard InChI is InChI=1S/C18H35N3O3/c1-5-18(23,6-2)13-20-17(19-7-3)21-15-11-9-14(10-12-15)16(22)24-8-4/h14-15,23H,5-13H2,1-4H3,(H2,19,20,21). The summed E-state index contributed by atoms with van der Waals surface area (Å²) in [6.45, 7) is 9.46. The van der Waals surface area contributed by atoms with E-state index >= 15 is 0 Å². The van der Waals surface area contributed by atoms with Gasteiger partial charge in [-0.2, -0.15) is 0 Å². The van der Waals surface area contributed by atoms with E-state index in [4.69, 9.17) is 4.74 Å². The molecule has 0 heterocycles. The molecule has 0 bridgehead atoms. The van der Waals surface area contributed by atoms with Crippen molar-refractivity contribution in [3.8, 4) is 0 Å². The third kappa shape index (κ3) is 6.67. The first kappa shape index (κ1) is 20.7. The van der Waals surface area contributed by atoms with Gasteiger partial charge in [-0.3, -0.25) is 9.79 Å². The van der Waals surface area contributed by atoms with Gasteiger partial charge in [0.2, 0.25) is 0 Å². The molecule has 0 aromatic rings. The third-order valence-corrected chi connectivity index (χ3v) is 4.88. The van der Waals surface area contributed by atoms with Gasteiger partial charge in [0.1, 0.15) is 0 Å². The minimum absolute atomic E-state index is 0.0350. The van der Waals surface area contributed by atoms with Crippen molar-refractivity contribution in [2.24, 2.45) is 10.9 Å². The average molecular weight is 341 g/mol. The first-order valence-corrected chi connectivity index (χ1v) is 9.41. The molecule has 1 saturated carbocycles.